The maximum atomic E-state index is 11.4. The van der Waals surface area contributed by atoms with E-state index in [2.05, 4.69) is 10.3 Å². The predicted octanol–water partition coefficient (Wildman–Crippen LogP) is 1.81. The molecule has 1 heterocycles. The van der Waals surface area contributed by atoms with Crippen molar-refractivity contribution < 1.29 is 14.7 Å². The Bertz CT molecular complexity index is 634. The molecular formula is C12H11ClN2O3. The van der Waals surface area contributed by atoms with Gasteiger partial charge in [0.15, 0.2) is 0 Å². The van der Waals surface area contributed by atoms with Gasteiger partial charge < -0.3 is 15.4 Å². The lowest BCUT2D eigenvalue weighted by molar-refractivity contribution is -0.119. The number of rotatable bonds is 3. The number of nitrogens with one attached hydrogen (secondary N) is 2. The van der Waals surface area contributed by atoms with Crippen LogP contribution in [0.15, 0.2) is 18.2 Å². The number of halogens is 1. The maximum Gasteiger partial charge on any atom is 0.352 e. The Morgan fingerprint density at radius 3 is 2.78 bits per heavy atom. The molecule has 0 aliphatic carbocycles. The summed E-state index contributed by atoms with van der Waals surface area (Å²) >= 11 is 5.85. The minimum absolute atomic E-state index is 0.0137. The fourth-order valence-electron chi connectivity index (χ4n) is 1.84. The summed E-state index contributed by atoms with van der Waals surface area (Å²) in [6, 6.07) is 5.01. The van der Waals surface area contributed by atoms with Gasteiger partial charge in [0, 0.05) is 28.5 Å². The van der Waals surface area contributed by atoms with Crippen molar-refractivity contribution in [3.8, 4) is 0 Å². The highest BCUT2D eigenvalue weighted by Gasteiger charge is 2.19. The number of H-pyrrole nitrogens is 1. The molecule has 0 fully saturated rings. The number of aromatic carboxylic acids is 1. The zero-order chi connectivity index (χ0) is 13.3. The third-order valence-electron chi connectivity index (χ3n) is 2.70. The van der Waals surface area contributed by atoms with Gasteiger partial charge in [0.25, 0.3) is 0 Å². The minimum Gasteiger partial charge on any atom is -0.477 e. The van der Waals surface area contributed by atoms with Gasteiger partial charge in [-0.05, 0) is 12.1 Å². The van der Waals surface area contributed by atoms with Crippen molar-refractivity contribution in [3.63, 3.8) is 0 Å². The van der Waals surface area contributed by atoms with Crippen LogP contribution in [-0.4, -0.2) is 29.0 Å². The zero-order valence-electron chi connectivity index (χ0n) is 9.58. The van der Waals surface area contributed by atoms with Crippen LogP contribution in [0.2, 0.25) is 5.02 Å². The predicted molar refractivity (Wildman–Crippen MR) is 68.0 cm³/mol. The number of carboxylic acid groups (broad SMARTS) is 1. The normalized spacial score (nSPS) is 10.6. The van der Waals surface area contributed by atoms with Gasteiger partial charge in [-0.3, -0.25) is 4.79 Å². The summed E-state index contributed by atoms with van der Waals surface area (Å²) in [5.74, 6) is -1.34. The Kier molecular flexibility index (Phi) is 3.25. The van der Waals surface area contributed by atoms with E-state index in [9.17, 15) is 9.59 Å². The van der Waals surface area contributed by atoms with Gasteiger partial charge in [-0.25, -0.2) is 4.79 Å². The number of carbonyl (C=O) groups is 2. The number of hydrogen-bond donors (Lipinski definition) is 3. The Balaban J connectivity index is 2.62. The molecule has 0 aliphatic rings. The van der Waals surface area contributed by atoms with E-state index in [1.807, 2.05) is 0 Å². The van der Waals surface area contributed by atoms with Gasteiger partial charge in [0.05, 0.1) is 6.42 Å². The van der Waals surface area contributed by atoms with E-state index in [-0.39, 0.29) is 18.0 Å². The first kappa shape index (κ1) is 12.4. The lowest BCUT2D eigenvalue weighted by atomic mass is 10.1. The summed E-state index contributed by atoms with van der Waals surface area (Å²) in [6.07, 6.45) is 0.0137. The van der Waals surface area contributed by atoms with Crippen molar-refractivity contribution in [3.05, 3.63) is 34.5 Å². The Labute approximate surface area is 108 Å². The third-order valence-corrected chi connectivity index (χ3v) is 2.93. The number of aromatic nitrogens is 1. The standard InChI is InChI=1S/C12H11ClN2O3/c1-14-10(16)5-8-7-3-2-6(13)4-9(7)15-11(8)12(17)18/h2-4,15H,5H2,1H3,(H,14,16)(H,17,18). The number of aromatic amines is 1. The van der Waals surface area contributed by atoms with Crippen LogP contribution in [0.1, 0.15) is 16.1 Å². The first-order chi connectivity index (χ1) is 8.52. The van der Waals surface area contributed by atoms with E-state index < -0.39 is 5.97 Å². The van der Waals surface area contributed by atoms with Crippen LogP contribution in [0.25, 0.3) is 10.9 Å². The van der Waals surface area contributed by atoms with Crippen molar-refractivity contribution in [1.29, 1.82) is 0 Å². The molecule has 2 rings (SSSR count). The molecule has 18 heavy (non-hydrogen) atoms. The van der Waals surface area contributed by atoms with Crippen LogP contribution in [0.4, 0.5) is 0 Å². The number of carboxylic acids is 1. The molecule has 0 saturated carbocycles. The smallest absolute Gasteiger partial charge is 0.352 e. The minimum atomic E-state index is -1.10. The number of hydrogen-bond acceptors (Lipinski definition) is 2. The first-order valence-corrected chi connectivity index (χ1v) is 5.64. The highest BCUT2D eigenvalue weighted by Crippen LogP contribution is 2.25. The average molecular weight is 267 g/mol. The van der Waals surface area contributed by atoms with Crippen LogP contribution in [0.3, 0.4) is 0 Å². The zero-order valence-corrected chi connectivity index (χ0v) is 10.3. The lowest BCUT2D eigenvalue weighted by Crippen LogP contribution is -2.21. The van der Waals surface area contributed by atoms with E-state index in [1.165, 1.54) is 7.05 Å². The molecule has 0 saturated heterocycles. The van der Waals surface area contributed by atoms with Crippen molar-refractivity contribution >= 4 is 34.4 Å². The molecule has 6 heteroatoms. The highest BCUT2D eigenvalue weighted by atomic mass is 35.5. The van der Waals surface area contributed by atoms with Gasteiger partial charge in [-0.2, -0.15) is 0 Å². The number of fused-ring (bicyclic) bond motifs is 1. The van der Waals surface area contributed by atoms with Crippen LogP contribution >= 0.6 is 11.6 Å². The Hall–Kier alpha value is -2.01. The molecule has 0 radical (unpaired) electrons. The van der Waals surface area contributed by atoms with Crippen LogP contribution in [0, 0.1) is 0 Å². The number of amides is 1. The fraction of sp³-hybridized carbons (Fsp3) is 0.167. The van der Waals surface area contributed by atoms with E-state index in [0.29, 0.717) is 21.5 Å². The van der Waals surface area contributed by atoms with E-state index in [0.717, 1.165) is 0 Å². The third kappa shape index (κ3) is 2.17. The topological polar surface area (TPSA) is 82.2 Å². The second-order valence-electron chi connectivity index (χ2n) is 3.82. The van der Waals surface area contributed by atoms with Crippen molar-refractivity contribution in [2.75, 3.05) is 7.05 Å². The van der Waals surface area contributed by atoms with Gasteiger partial charge in [0.1, 0.15) is 5.69 Å². The first-order valence-electron chi connectivity index (χ1n) is 5.27. The van der Waals surface area contributed by atoms with Crippen molar-refractivity contribution in [2.45, 2.75) is 6.42 Å². The number of likely N-dealkylation sites (N-methyl/N-ethyl adjacent to an activating group) is 1. The quantitative estimate of drug-likeness (QED) is 0.792. The van der Waals surface area contributed by atoms with Crippen LogP contribution in [-0.2, 0) is 11.2 Å². The fourth-order valence-corrected chi connectivity index (χ4v) is 2.02. The lowest BCUT2D eigenvalue weighted by Gasteiger charge is -2.00. The molecule has 94 valence electrons. The highest BCUT2D eigenvalue weighted by molar-refractivity contribution is 6.31. The van der Waals surface area contributed by atoms with Gasteiger partial charge >= 0.3 is 5.97 Å². The second-order valence-corrected chi connectivity index (χ2v) is 4.26. The molecule has 0 aliphatic heterocycles. The van der Waals surface area contributed by atoms with E-state index in [1.54, 1.807) is 18.2 Å². The molecule has 0 spiro atoms. The molecule has 1 aromatic carbocycles. The number of benzene rings is 1. The molecule has 5 nitrogen and oxygen atoms in total. The van der Waals surface area contributed by atoms with Crippen LogP contribution in [0.5, 0.6) is 0 Å². The molecule has 1 amide bonds. The molecule has 0 bridgehead atoms. The number of carbonyl (C=O) groups excluding carboxylic acids is 1. The van der Waals surface area contributed by atoms with E-state index >= 15 is 0 Å². The van der Waals surface area contributed by atoms with Gasteiger partial charge in [-0.15, -0.1) is 0 Å². The van der Waals surface area contributed by atoms with Gasteiger partial charge in [-0.1, -0.05) is 17.7 Å². The molecule has 0 atom stereocenters. The Morgan fingerprint density at radius 2 is 2.17 bits per heavy atom. The SMILES string of the molecule is CNC(=O)Cc1c(C(=O)O)[nH]c2cc(Cl)ccc12. The molecular weight excluding hydrogens is 256 g/mol. The summed E-state index contributed by atoms with van der Waals surface area (Å²) in [7, 11) is 1.51. The summed E-state index contributed by atoms with van der Waals surface area (Å²) < 4.78 is 0. The summed E-state index contributed by atoms with van der Waals surface area (Å²) in [5.41, 5.74) is 1.10. The Morgan fingerprint density at radius 1 is 1.44 bits per heavy atom. The van der Waals surface area contributed by atoms with Gasteiger partial charge in [0.2, 0.25) is 5.91 Å². The van der Waals surface area contributed by atoms with Crippen molar-refractivity contribution in [2.24, 2.45) is 0 Å². The van der Waals surface area contributed by atoms with Crippen molar-refractivity contribution in [1.82, 2.24) is 10.3 Å². The molecule has 2 aromatic rings. The maximum absolute atomic E-state index is 11.4. The molecule has 1 aromatic heterocycles. The van der Waals surface area contributed by atoms with E-state index in [4.69, 9.17) is 16.7 Å². The second kappa shape index (κ2) is 4.70. The molecule has 0 unspecified atom stereocenters. The summed E-state index contributed by atoms with van der Waals surface area (Å²) in [4.78, 5) is 25.3. The largest absolute Gasteiger partial charge is 0.477 e. The molecule has 3 N–H and O–H groups in total. The monoisotopic (exact) mass is 266 g/mol. The average Bonchev–Trinajstić information content (AvgIpc) is 2.67. The summed E-state index contributed by atoms with van der Waals surface area (Å²) in [5, 5.41) is 12.8. The van der Waals surface area contributed by atoms with Crippen LogP contribution < -0.4 is 5.32 Å². The summed E-state index contributed by atoms with van der Waals surface area (Å²) in [6.45, 7) is 0.